The fourth-order valence-electron chi connectivity index (χ4n) is 2.98. The predicted octanol–water partition coefficient (Wildman–Crippen LogP) is 1.23. The van der Waals surface area contributed by atoms with Crippen molar-refractivity contribution in [1.82, 2.24) is 19.6 Å². The third kappa shape index (κ3) is 4.24. The number of carbonyl (C=O) groups is 2. The molecule has 3 rings (SSSR count). The number of aromatic carboxylic acids is 1. The normalized spacial score (nSPS) is 15.3. The van der Waals surface area contributed by atoms with Crippen LogP contribution in [0.2, 0.25) is 0 Å². The van der Waals surface area contributed by atoms with Gasteiger partial charge in [-0.25, -0.2) is 9.48 Å². The Balaban J connectivity index is 1.51. The Morgan fingerprint density at radius 1 is 1.08 bits per heavy atom. The van der Waals surface area contributed by atoms with Gasteiger partial charge in [-0.15, -0.1) is 0 Å². The van der Waals surface area contributed by atoms with Crippen LogP contribution in [-0.2, 0) is 17.9 Å². The number of benzene rings is 1. The first kappa shape index (κ1) is 17.2. The van der Waals surface area contributed by atoms with Crippen LogP contribution in [0.5, 0.6) is 0 Å². The van der Waals surface area contributed by atoms with Gasteiger partial charge in [-0.2, -0.15) is 5.10 Å². The van der Waals surface area contributed by atoms with Crippen molar-refractivity contribution in [2.75, 3.05) is 26.2 Å². The SMILES string of the molecule is Cc1ccc(CN2CCN(C(=O)Cn3nccc3C(=O)O)CC2)cc1. The van der Waals surface area contributed by atoms with E-state index in [1.165, 1.54) is 28.1 Å². The van der Waals surface area contributed by atoms with Crippen LogP contribution in [0.4, 0.5) is 0 Å². The van der Waals surface area contributed by atoms with E-state index < -0.39 is 5.97 Å². The monoisotopic (exact) mass is 342 g/mol. The van der Waals surface area contributed by atoms with Crippen LogP contribution in [0, 0.1) is 6.92 Å². The molecular weight excluding hydrogens is 320 g/mol. The Kier molecular flexibility index (Phi) is 5.14. The van der Waals surface area contributed by atoms with Crippen molar-refractivity contribution < 1.29 is 14.7 Å². The summed E-state index contributed by atoms with van der Waals surface area (Å²) in [5, 5.41) is 13.0. The van der Waals surface area contributed by atoms with Gasteiger partial charge in [0, 0.05) is 38.9 Å². The molecular formula is C18H22N4O3. The lowest BCUT2D eigenvalue weighted by Crippen LogP contribution is -2.49. The van der Waals surface area contributed by atoms with Gasteiger partial charge in [0.05, 0.1) is 0 Å². The number of amides is 1. The Morgan fingerprint density at radius 2 is 1.76 bits per heavy atom. The molecule has 132 valence electrons. The summed E-state index contributed by atoms with van der Waals surface area (Å²) in [6, 6.07) is 9.89. The van der Waals surface area contributed by atoms with Crippen molar-refractivity contribution in [1.29, 1.82) is 0 Å². The zero-order valence-electron chi connectivity index (χ0n) is 14.3. The molecule has 25 heavy (non-hydrogen) atoms. The zero-order valence-corrected chi connectivity index (χ0v) is 14.3. The summed E-state index contributed by atoms with van der Waals surface area (Å²) < 4.78 is 1.24. The van der Waals surface area contributed by atoms with Gasteiger partial charge in [0.2, 0.25) is 5.91 Å². The molecule has 1 aliphatic rings. The predicted molar refractivity (Wildman–Crippen MR) is 92.2 cm³/mol. The molecule has 1 N–H and O–H groups in total. The summed E-state index contributed by atoms with van der Waals surface area (Å²) in [4.78, 5) is 27.6. The standard InChI is InChI=1S/C18H22N4O3/c1-14-2-4-15(5-3-14)12-20-8-10-21(11-9-20)17(23)13-22-16(18(24)25)6-7-19-22/h2-7H,8-13H2,1H3,(H,24,25). The first-order valence-electron chi connectivity index (χ1n) is 8.34. The van der Waals surface area contributed by atoms with Crippen molar-refractivity contribution in [3.05, 3.63) is 53.3 Å². The van der Waals surface area contributed by atoms with Crippen LogP contribution in [-0.4, -0.2) is 62.7 Å². The molecule has 0 spiro atoms. The van der Waals surface area contributed by atoms with Crippen LogP contribution < -0.4 is 0 Å². The van der Waals surface area contributed by atoms with Gasteiger partial charge in [-0.3, -0.25) is 9.69 Å². The summed E-state index contributed by atoms with van der Waals surface area (Å²) in [6.45, 7) is 5.83. The molecule has 1 saturated heterocycles. The molecule has 0 saturated carbocycles. The first-order chi connectivity index (χ1) is 12.0. The molecule has 1 aromatic heterocycles. The van der Waals surface area contributed by atoms with Crippen molar-refractivity contribution in [3.8, 4) is 0 Å². The number of piperazine rings is 1. The van der Waals surface area contributed by atoms with E-state index in [0.29, 0.717) is 13.1 Å². The molecule has 1 amide bonds. The molecule has 7 heteroatoms. The van der Waals surface area contributed by atoms with E-state index in [4.69, 9.17) is 5.11 Å². The number of carboxylic acid groups (broad SMARTS) is 1. The summed E-state index contributed by atoms with van der Waals surface area (Å²) in [7, 11) is 0. The molecule has 0 unspecified atom stereocenters. The van der Waals surface area contributed by atoms with Gasteiger partial charge in [-0.1, -0.05) is 29.8 Å². The smallest absolute Gasteiger partial charge is 0.354 e. The highest BCUT2D eigenvalue weighted by molar-refractivity contribution is 5.86. The lowest BCUT2D eigenvalue weighted by molar-refractivity contribution is -0.133. The summed E-state index contributed by atoms with van der Waals surface area (Å²) in [6.07, 6.45) is 1.40. The van der Waals surface area contributed by atoms with Gasteiger partial charge in [0.1, 0.15) is 12.2 Å². The van der Waals surface area contributed by atoms with E-state index in [0.717, 1.165) is 19.6 Å². The van der Waals surface area contributed by atoms with Gasteiger partial charge in [0.25, 0.3) is 0 Å². The summed E-state index contributed by atoms with van der Waals surface area (Å²) in [5.74, 6) is -1.17. The summed E-state index contributed by atoms with van der Waals surface area (Å²) in [5.41, 5.74) is 2.55. The number of aromatic nitrogens is 2. The topological polar surface area (TPSA) is 78.7 Å². The molecule has 1 aromatic carbocycles. The average molecular weight is 342 g/mol. The molecule has 2 heterocycles. The number of hydrogen-bond acceptors (Lipinski definition) is 4. The maximum atomic E-state index is 12.4. The largest absolute Gasteiger partial charge is 0.477 e. The summed E-state index contributed by atoms with van der Waals surface area (Å²) >= 11 is 0. The molecule has 1 aliphatic heterocycles. The number of carbonyl (C=O) groups excluding carboxylic acids is 1. The molecule has 0 radical (unpaired) electrons. The number of nitrogens with zero attached hydrogens (tertiary/aromatic N) is 4. The van der Waals surface area contributed by atoms with Gasteiger partial charge in [-0.05, 0) is 18.6 Å². The maximum Gasteiger partial charge on any atom is 0.354 e. The first-order valence-corrected chi connectivity index (χ1v) is 8.34. The Labute approximate surface area is 146 Å². The number of aryl methyl sites for hydroxylation is 1. The number of carboxylic acids is 1. The van der Waals surface area contributed by atoms with E-state index in [-0.39, 0.29) is 18.1 Å². The second kappa shape index (κ2) is 7.48. The quantitative estimate of drug-likeness (QED) is 0.884. The van der Waals surface area contributed by atoms with Crippen LogP contribution in [0.1, 0.15) is 21.6 Å². The average Bonchev–Trinajstić information content (AvgIpc) is 3.06. The lowest BCUT2D eigenvalue weighted by atomic mass is 10.1. The molecule has 1 fully saturated rings. The number of rotatable bonds is 5. The highest BCUT2D eigenvalue weighted by atomic mass is 16.4. The highest BCUT2D eigenvalue weighted by Gasteiger charge is 2.22. The Hall–Kier alpha value is -2.67. The van der Waals surface area contributed by atoms with Crippen LogP contribution in [0.15, 0.2) is 36.5 Å². The second-order valence-electron chi connectivity index (χ2n) is 6.32. The fraction of sp³-hybridized carbons (Fsp3) is 0.389. The molecule has 0 aliphatic carbocycles. The highest BCUT2D eigenvalue weighted by Crippen LogP contribution is 2.10. The minimum atomic E-state index is -1.08. The van der Waals surface area contributed by atoms with Gasteiger partial charge >= 0.3 is 5.97 Å². The maximum absolute atomic E-state index is 12.4. The molecule has 7 nitrogen and oxygen atoms in total. The fourth-order valence-corrected chi connectivity index (χ4v) is 2.98. The van der Waals surface area contributed by atoms with E-state index in [2.05, 4.69) is 41.2 Å². The zero-order chi connectivity index (χ0) is 17.8. The lowest BCUT2D eigenvalue weighted by Gasteiger charge is -2.34. The van der Waals surface area contributed by atoms with Crippen molar-refractivity contribution in [3.63, 3.8) is 0 Å². The van der Waals surface area contributed by atoms with Gasteiger partial charge in [0.15, 0.2) is 0 Å². The molecule has 0 atom stereocenters. The van der Waals surface area contributed by atoms with E-state index >= 15 is 0 Å². The second-order valence-corrected chi connectivity index (χ2v) is 6.32. The van der Waals surface area contributed by atoms with Crippen molar-refractivity contribution >= 4 is 11.9 Å². The minimum Gasteiger partial charge on any atom is -0.477 e. The molecule has 0 bridgehead atoms. The molecule has 2 aromatic rings. The van der Waals surface area contributed by atoms with Crippen molar-refractivity contribution in [2.45, 2.75) is 20.0 Å². The van der Waals surface area contributed by atoms with Crippen LogP contribution >= 0.6 is 0 Å². The third-order valence-electron chi connectivity index (χ3n) is 4.47. The van der Waals surface area contributed by atoms with E-state index in [9.17, 15) is 9.59 Å². The van der Waals surface area contributed by atoms with E-state index in [1.54, 1.807) is 4.90 Å². The Bertz CT molecular complexity index is 746. The number of hydrogen-bond donors (Lipinski definition) is 1. The minimum absolute atomic E-state index is 0.0337. The van der Waals surface area contributed by atoms with Crippen LogP contribution in [0.3, 0.4) is 0 Å². The van der Waals surface area contributed by atoms with Crippen LogP contribution in [0.25, 0.3) is 0 Å². The van der Waals surface area contributed by atoms with E-state index in [1.807, 2.05) is 0 Å². The van der Waals surface area contributed by atoms with Gasteiger partial charge < -0.3 is 10.0 Å². The third-order valence-corrected chi connectivity index (χ3v) is 4.47. The Morgan fingerprint density at radius 3 is 2.40 bits per heavy atom. The van der Waals surface area contributed by atoms with Crippen molar-refractivity contribution in [2.24, 2.45) is 0 Å².